The Morgan fingerprint density at radius 2 is 1.69 bits per heavy atom. The summed E-state index contributed by atoms with van der Waals surface area (Å²) < 4.78 is 1.68. The molecule has 2 N–H and O–H groups in total. The van der Waals surface area contributed by atoms with Crippen molar-refractivity contribution in [1.82, 2.24) is 14.9 Å². The summed E-state index contributed by atoms with van der Waals surface area (Å²) in [7, 11) is 0. The van der Waals surface area contributed by atoms with Crippen LogP contribution in [0.15, 0.2) is 69.6 Å². The van der Waals surface area contributed by atoms with Crippen molar-refractivity contribution in [3.63, 3.8) is 0 Å². The number of fused-ring (bicyclic) bond motifs is 1. The van der Waals surface area contributed by atoms with Gasteiger partial charge in [-0.3, -0.25) is 14.2 Å². The molecule has 0 fully saturated rings. The van der Waals surface area contributed by atoms with Crippen LogP contribution in [0, 0.1) is 0 Å². The first-order chi connectivity index (χ1) is 14.0. The van der Waals surface area contributed by atoms with Crippen LogP contribution in [0.25, 0.3) is 10.2 Å². The van der Waals surface area contributed by atoms with Gasteiger partial charge < -0.3 is 10.3 Å². The fourth-order valence-corrected chi connectivity index (χ4v) is 3.87. The zero-order valence-corrected chi connectivity index (χ0v) is 16.7. The number of carbonyl (C=O) groups excluding carboxylic acids is 1. The van der Waals surface area contributed by atoms with E-state index in [0.29, 0.717) is 27.3 Å². The molecule has 0 saturated heterocycles. The number of benzene rings is 2. The predicted molar refractivity (Wildman–Crippen MR) is 115 cm³/mol. The Morgan fingerprint density at radius 1 is 1.00 bits per heavy atom. The van der Waals surface area contributed by atoms with Crippen molar-refractivity contribution in [1.29, 1.82) is 0 Å². The van der Waals surface area contributed by atoms with Crippen LogP contribution in [0.5, 0.6) is 0 Å². The van der Waals surface area contributed by atoms with E-state index >= 15 is 0 Å². The lowest BCUT2D eigenvalue weighted by Gasteiger charge is -2.08. The van der Waals surface area contributed by atoms with Crippen LogP contribution >= 0.6 is 22.9 Å². The molecule has 0 bridgehead atoms. The SMILES string of the molecule is O=C(NCc1ccc(Cl)cc1)c1ccc(Cn2c(=O)[nH]c3ccsc3c2=O)cc1. The summed E-state index contributed by atoms with van der Waals surface area (Å²) in [5.41, 5.74) is 1.98. The largest absolute Gasteiger partial charge is 0.348 e. The highest BCUT2D eigenvalue weighted by Gasteiger charge is 2.10. The van der Waals surface area contributed by atoms with Crippen molar-refractivity contribution >= 4 is 39.1 Å². The van der Waals surface area contributed by atoms with Gasteiger partial charge in [-0.1, -0.05) is 35.9 Å². The maximum atomic E-state index is 12.5. The topological polar surface area (TPSA) is 84.0 Å². The van der Waals surface area contributed by atoms with E-state index in [0.717, 1.165) is 15.7 Å². The van der Waals surface area contributed by atoms with Crippen LogP contribution in [0.2, 0.25) is 5.02 Å². The smallest absolute Gasteiger partial charge is 0.329 e. The molecule has 146 valence electrons. The number of amides is 1. The minimum absolute atomic E-state index is 0.134. The van der Waals surface area contributed by atoms with Crippen molar-refractivity contribution in [3.05, 3.63) is 103 Å². The normalized spacial score (nSPS) is 10.9. The molecule has 8 heteroatoms. The van der Waals surface area contributed by atoms with Gasteiger partial charge >= 0.3 is 5.69 Å². The van der Waals surface area contributed by atoms with Crippen molar-refractivity contribution in [3.8, 4) is 0 Å². The third-order valence-corrected chi connectivity index (χ3v) is 5.67. The fraction of sp³-hybridized carbons (Fsp3) is 0.0952. The summed E-state index contributed by atoms with van der Waals surface area (Å²) in [4.78, 5) is 39.8. The average Bonchev–Trinajstić information content (AvgIpc) is 3.19. The fourth-order valence-electron chi connectivity index (χ4n) is 2.95. The summed E-state index contributed by atoms with van der Waals surface area (Å²) in [5, 5.41) is 5.26. The van der Waals surface area contributed by atoms with Crippen LogP contribution in [0.1, 0.15) is 21.5 Å². The maximum Gasteiger partial charge on any atom is 0.329 e. The lowest BCUT2D eigenvalue weighted by Crippen LogP contribution is -2.34. The summed E-state index contributed by atoms with van der Waals surface area (Å²) in [6.07, 6.45) is 0. The second kappa shape index (κ2) is 8.06. The van der Waals surface area contributed by atoms with Crippen molar-refractivity contribution in [2.24, 2.45) is 0 Å². The molecule has 0 spiro atoms. The Bertz CT molecular complexity index is 1290. The summed E-state index contributed by atoms with van der Waals surface area (Å²) in [6.45, 7) is 0.526. The van der Waals surface area contributed by atoms with Crippen LogP contribution in [0.4, 0.5) is 0 Å². The molecule has 1 amide bonds. The van der Waals surface area contributed by atoms with Crippen molar-refractivity contribution < 1.29 is 4.79 Å². The highest BCUT2D eigenvalue weighted by Crippen LogP contribution is 2.13. The highest BCUT2D eigenvalue weighted by molar-refractivity contribution is 7.17. The van der Waals surface area contributed by atoms with Gasteiger partial charge in [0.2, 0.25) is 0 Å². The Balaban J connectivity index is 1.46. The molecule has 0 aliphatic carbocycles. The van der Waals surface area contributed by atoms with Gasteiger partial charge in [0.15, 0.2) is 0 Å². The Labute approximate surface area is 174 Å². The van der Waals surface area contributed by atoms with Gasteiger partial charge in [-0.05, 0) is 46.8 Å². The minimum Gasteiger partial charge on any atom is -0.348 e. The van der Waals surface area contributed by atoms with E-state index in [-0.39, 0.29) is 18.0 Å². The molecule has 0 atom stereocenters. The molecule has 29 heavy (non-hydrogen) atoms. The van der Waals surface area contributed by atoms with E-state index in [1.54, 1.807) is 47.8 Å². The van der Waals surface area contributed by atoms with Gasteiger partial charge in [-0.25, -0.2) is 4.79 Å². The Kier molecular flexibility index (Phi) is 5.33. The number of thiophene rings is 1. The molecule has 6 nitrogen and oxygen atoms in total. The van der Waals surface area contributed by atoms with Gasteiger partial charge in [0.1, 0.15) is 4.70 Å². The summed E-state index contributed by atoms with van der Waals surface area (Å²) >= 11 is 7.15. The van der Waals surface area contributed by atoms with E-state index in [2.05, 4.69) is 10.3 Å². The van der Waals surface area contributed by atoms with E-state index < -0.39 is 5.69 Å². The lowest BCUT2D eigenvalue weighted by atomic mass is 10.1. The van der Waals surface area contributed by atoms with Gasteiger partial charge in [0.05, 0.1) is 12.1 Å². The number of H-pyrrole nitrogens is 1. The van der Waals surface area contributed by atoms with Crippen LogP contribution in [-0.4, -0.2) is 15.5 Å². The number of carbonyl (C=O) groups is 1. The summed E-state index contributed by atoms with van der Waals surface area (Å²) in [5.74, 6) is -0.207. The molecule has 0 radical (unpaired) electrons. The first kappa shape index (κ1) is 19.2. The summed E-state index contributed by atoms with van der Waals surface area (Å²) in [6, 6.07) is 15.8. The number of hydrogen-bond acceptors (Lipinski definition) is 4. The molecule has 0 aliphatic heterocycles. The first-order valence-electron chi connectivity index (χ1n) is 8.83. The molecule has 0 unspecified atom stereocenters. The molecule has 2 aromatic heterocycles. The maximum absolute atomic E-state index is 12.5. The van der Waals surface area contributed by atoms with Crippen molar-refractivity contribution in [2.75, 3.05) is 0 Å². The van der Waals surface area contributed by atoms with Gasteiger partial charge in [-0.15, -0.1) is 11.3 Å². The second-order valence-corrected chi connectivity index (χ2v) is 7.84. The Hall–Kier alpha value is -3.16. The quantitative estimate of drug-likeness (QED) is 0.514. The standard InChI is InChI=1S/C21H16ClN3O3S/c22-16-7-3-13(4-8-16)11-23-19(26)15-5-1-14(2-6-15)12-25-20(27)18-17(9-10-29-18)24-21(25)28/h1-10H,11-12H2,(H,23,26)(H,24,28). The third-order valence-electron chi connectivity index (χ3n) is 4.51. The lowest BCUT2D eigenvalue weighted by molar-refractivity contribution is 0.0951. The number of rotatable bonds is 5. The third kappa shape index (κ3) is 4.16. The number of nitrogens with zero attached hydrogens (tertiary/aromatic N) is 1. The van der Waals surface area contributed by atoms with Gasteiger partial charge in [0.25, 0.3) is 11.5 Å². The van der Waals surface area contributed by atoms with Crippen LogP contribution < -0.4 is 16.6 Å². The van der Waals surface area contributed by atoms with Crippen LogP contribution in [-0.2, 0) is 13.1 Å². The molecule has 4 aromatic rings. The number of halogens is 1. The predicted octanol–water partition coefficient (Wildman–Crippen LogP) is 3.38. The van der Waals surface area contributed by atoms with Gasteiger partial charge in [-0.2, -0.15) is 0 Å². The molecular formula is C21H16ClN3O3S. The van der Waals surface area contributed by atoms with Gasteiger partial charge in [0, 0.05) is 17.1 Å². The molecule has 0 aliphatic rings. The van der Waals surface area contributed by atoms with Crippen molar-refractivity contribution in [2.45, 2.75) is 13.1 Å². The van der Waals surface area contributed by atoms with E-state index in [1.807, 2.05) is 12.1 Å². The van der Waals surface area contributed by atoms with E-state index in [9.17, 15) is 14.4 Å². The molecule has 0 saturated carbocycles. The number of hydrogen-bond donors (Lipinski definition) is 2. The Morgan fingerprint density at radius 3 is 2.41 bits per heavy atom. The first-order valence-corrected chi connectivity index (χ1v) is 10.1. The molecule has 2 heterocycles. The van der Waals surface area contributed by atoms with Crippen LogP contribution in [0.3, 0.4) is 0 Å². The second-order valence-electron chi connectivity index (χ2n) is 6.49. The van der Waals surface area contributed by atoms with E-state index in [4.69, 9.17) is 11.6 Å². The average molecular weight is 426 g/mol. The van der Waals surface area contributed by atoms with E-state index in [1.165, 1.54) is 11.3 Å². The number of aromatic nitrogens is 2. The monoisotopic (exact) mass is 425 g/mol. The molecule has 4 rings (SSSR count). The number of aromatic amines is 1. The highest BCUT2D eigenvalue weighted by atomic mass is 35.5. The molecular weight excluding hydrogens is 410 g/mol. The molecule has 2 aromatic carbocycles. The zero-order chi connectivity index (χ0) is 20.4. The zero-order valence-electron chi connectivity index (χ0n) is 15.1. The number of nitrogens with one attached hydrogen (secondary N) is 2. The minimum atomic E-state index is -0.453.